The van der Waals surface area contributed by atoms with Gasteiger partial charge >= 0.3 is 0 Å². The number of benzene rings is 1. The maximum atomic E-state index is 12.0. The van der Waals surface area contributed by atoms with Gasteiger partial charge in [0, 0.05) is 50.3 Å². The molecule has 1 unspecified atom stereocenters. The second-order valence-electron chi connectivity index (χ2n) is 7.90. The highest BCUT2D eigenvalue weighted by Gasteiger charge is 2.25. The van der Waals surface area contributed by atoms with E-state index in [2.05, 4.69) is 50.9 Å². The first kappa shape index (κ1) is 21.0. The van der Waals surface area contributed by atoms with Gasteiger partial charge in [-0.2, -0.15) is 0 Å². The number of aliphatic imine (C=N–C) groups is 1. The molecule has 1 saturated carbocycles. The zero-order valence-electron chi connectivity index (χ0n) is 17.0. The van der Waals surface area contributed by atoms with E-state index in [0.29, 0.717) is 24.8 Å². The maximum absolute atomic E-state index is 12.0. The maximum Gasteiger partial charge on any atom is 0.220 e. The van der Waals surface area contributed by atoms with Gasteiger partial charge in [-0.15, -0.1) is 11.8 Å². The van der Waals surface area contributed by atoms with Gasteiger partial charge in [-0.05, 0) is 43.2 Å². The van der Waals surface area contributed by atoms with Gasteiger partial charge in [0.2, 0.25) is 5.91 Å². The van der Waals surface area contributed by atoms with Gasteiger partial charge < -0.3 is 15.5 Å². The Morgan fingerprint density at radius 2 is 1.86 bits per heavy atom. The van der Waals surface area contributed by atoms with Gasteiger partial charge in [0.15, 0.2) is 5.96 Å². The van der Waals surface area contributed by atoms with Crippen LogP contribution in [0, 0.1) is 11.8 Å². The van der Waals surface area contributed by atoms with E-state index in [-0.39, 0.29) is 5.91 Å². The van der Waals surface area contributed by atoms with Crippen LogP contribution in [0.5, 0.6) is 0 Å². The summed E-state index contributed by atoms with van der Waals surface area (Å²) in [5, 5.41) is 6.46. The minimum atomic E-state index is 0.197. The van der Waals surface area contributed by atoms with Crippen LogP contribution in [-0.4, -0.2) is 55.7 Å². The lowest BCUT2D eigenvalue weighted by atomic mass is 10.0. The largest absolute Gasteiger partial charge is 0.354 e. The average Bonchev–Trinajstić information content (AvgIpc) is 3.39. The highest BCUT2D eigenvalue weighted by atomic mass is 32.2. The van der Waals surface area contributed by atoms with Gasteiger partial charge in [0.05, 0.1) is 0 Å². The summed E-state index contributed by atoms with van der Waals surface area (Å²) in [7, 11) is 1.84. The number of thioether (sulfide) groups is 1. The van der Waals surface area contributed by atoms with Gasteiger partial charge in [-0.25, -0.2) is 0 Å². The van der Waals surface area contributed by atoms with Crippen molar-refractivity contribution in [1.29, 1.82) is 0 Å². The smallest absolute Gasteiger partial charge is 0.220 e. The normalized spacial score (nSPS) is 20.5. The van der Waals surface area contributed by atoms with Crippen molar-refractivity contribution < 1.29 is 4.79 Å². The zero-order chi connectivity index (χ0) is 19.6. The molecule has 154 valence electrons. The van der Waals surface area contributed by atoms with Gasteiger partial charge in [0.25, 0.3) is 0 Å². The molecular formula is C22H34N4OS. The van der Waals surface area contributed by atoms with E-state index in [0.717, 1.165) is 31.3 Å². The molecule has 28 heavy (non-hydrogen) atoms. The van der Waals surface area contributed by atoms with Crippen LogP contribution in [0.25, 0.3) is 0 Å². The predicted octanol–water partition coefficient (Wildman–Crippen LogP) is 3.37. The standard InChI is InChI=1S/C22H34N4OS/c1-23-22(25-13-12-24-21(27)15-18-7-5-6-8-18)26-14-11-19(16-26)17-28-20-9-3-2-4-10-20/h2-4,9-10,18-19H,5-8,11-17H2,1H3,(H,23,25)(H,24,27). The van der Waals surface area contributed by atoms with Crippen molar-refractivity contribution >= 4 is 23.6 Å². The van der Waals surface area contributed by atoms with Gasteiger partial charge in [-0.1, -0.05) is 31.0 Å². The molecule has 1 amide bonds. The van der Waals surface area contributed by atoms with Crippen LogP contribution in [-0.2, 0) is 4.79 Å². The van der Waals surface area contributed by atoms with Crippen LogP contribution in [0.15, 0.2) is 40.2 Å². The Morgan fingerprint density at radius 3 is 2.61 bits per heavy atom. The lowest BCUT2D eigenvalue weighted by Gasteiger charge is -2.22. The molecule has 2 aliphatic rings. The second kappa shape index (κ2) is 11.3. The fourth-order valence-electron chi connectivity index (χ4n) is 4.15. The zero-order valence-corrected chi connectivity index (χ0v) is 17.8. The molecule has 0 aromatic heterocycles. The molecule has 1 aliphatic carbocycles. The van der Waals surface area contributed by atoms with E-state index in [9.17, 15) is 4.79 Å². The first-order valence-electron chi connectivity index (χ1n) is 10.6. The predicted molar refractivity (Wildman–Crippen MR) is 118 cm³/mol. The van der Waals surface area contributed by atoms with Crippen molar-refractivity contribution in [3.8, 4) is 0 Å². The van der Waals surface area contributed by atoms with Crippen molar-refractivity contribution in [2.24, 2.45) is 16.8 Å². The minimum absolute atomic E-state index is 0.197. The van der Waals surface area contributed by atoms with E-state index in [1.807, 2.05) is 18.8 Å². The molecular weight excluding hydrogens is 368 g/mol. The monoisotopic (exact) mass is 402 g/mol. The number of nitrogens with one attached hydrogen (secondary N) is 2. The van der Waals surface area contributed by atoms with Crippen molar-refractivity contribution in [3.63, 3.8) is 0 Å². The molecule has 2 N–H and O–H groups in total. The van der Waals surface area contributed by atoms with Gasteiger partial charge in [-0.3, -0.25) is 9.79 Å². The van der Waals surface area contributed by atoms with Gasteiger partial charge in [0.1, 0.15) is 0 Å². The van der Waals surface area contributed by atoms with Crippen LogP contribution in [0.3, 0.4) is 0 Å². The molecule has 1 atom stereocenters. The average molecular weight is 403 g/mol. The fourth-order valence-corrected chi connectivity index (χ4v) is 5.20. The minimum Gasteiger partial charge on any atom is -0.354 e. The number of hydrogen-bond acceptors (Lipinski definition) is 3. The number of guanidine groups is 1. The number of amides is 1. The summed E-state index contributed by atoms with van der Waals surface area (Å²) in [6, 6.07) is 10.6. The van der Waals surface area contributed by atoms with E-state index < -0.39 is 0 Å². The Hall–Kier alpha value is -1.69. The molecule has 3 rings (SSSR count). The van der Waals surface area contributed by atoms with Crippen LogP contribution in [0.4, 0.5) is 0 Å². The third-order valence-corrected chi connectivity index (χ3v) is 6.95. The van der Waals surface area contributed by atoms with Crippen molar-refractivity contribution in [1.82, 2.24) is 15.5 Å². The SMILES string of the molecule is CN=C(NCCNC(=O)CC1CCCC1)N1CCC(CSc2ccccc2)C1. The number of carbonyl (C=O) groups is 1. The Balaban J connectivity index is 1.31. The van der Waals surface area contributed by atoms with E-state index >= 15 is 0 Å². The summed E-state index contributed by atoms with van der Waals surface area (Å²) >= 11 is 1.94. The molecule has 1 aromatic rings. The van der Waals surface area contributed by atoms with Crippen LogP contribution < -0.4 is 10.6 Å². The molecule has 1 aromatic carbocycles. The van der Waals surface area contributed by atoms with E-state index in [4.69, 9.17) is 0 Å². The van der Waals surface area contributed by atoms with E-state index in [1.165, 1.54) is 37.0 Å². The summed E-state index contributed by atoms with van der Waals surface area (Å²) in [5.74, 6) is 3.60. The van der Waals surface area contributed by atoms with Crippen LogP contribution in [0.1, 0.15) is 38.5 Å². The Bertz CT molecular complexity index is 631. The third kappa shape index (κ3) is 6.73. The molecule has 5 nitrogen and oxygen atoms in total. The lowest BCUT2D eigenvalue weighted by molar-refractivity contribution is -0.121. The Kier molecular flexibility index (Phi) is 8.52. The topological polar surface area (TPSA) is 56.7 Å². The van der Waals surface area contributed by atoms with Crippen molar-refractivity contribution in [2.45, 2.75) is 43.4 Å². The molecule has 1 saturated heterocycles. The van der Waals surface area contributed by atoms with E-state index in [1.54, 1.807) is 0 Å². The third-order valence-electron chi connectivity index (χ3n) is 5.71. The molecule has 1 heterocycles. The molecule has 0 bridgehead atoms. The summed E-state index contributed by atoms with van der Waals surface area (Å²) in [5.41, 5.74) is 0. The summed E-state index contributed by atoms with van der Waals surface area (Å²) < 4.78 is 0. The van der Waals surface area contributed by atoms with Crippen LogP contribution in [0.2, 0.25) is 0 Å². The molecule has 0 spiro atoms. The number of hydrogen-bond donors (Lipinski definition) is 2. The molecule has 2 fully saturated rings. The first-order chi connectivity index (χ1) is 13.7. The number of likely N-dealkylation sites (tertiary alicyclic amines) is 1. The molecule has 1 aliphatic heterocycles. The first-order valence-corrected chi connectivity index (χ1v) is 11.6. The second-order valence-corrected chi connectivity index (χ2v) is 9.00. The summed E-state index contributed by atoms with van der Waals surface area (Å²) in [6.45, 7) is 3.48. The van der Waals surface area contributed by atoms with Crippen molar-refractivity contribution in [3.05, 3.63) is 30.3 Å². The molecule has 0 radical (unpaired) electrons. The summed E-state index contributed by atoms with van der Waals surface area (Å²) in [4.78, 5) is 20.1. The Labute approximate surface area is 173 Å². The number of nitrogens with zero attached hydrogens (tertiary/aromatic N) is 2. The highest BCUT2D eigenvalue weighted by molar-refractivity contribution is 7.99. The summed E-state index contributed by atoms with van der Waals surface area (Å²) in [6.07, 6.45) is 6.92. The fraction of sp³-hybridized carbons (Fsp3) is 0.636. The number of rotatable bonds is 8. The lowest BCUT2D eigenvalue weighted by Crippen LogP contribution is -2.43. The molecule has 6 heteroatoms. The number of carbonyl (C=O) groups excluding carboxylic acids is 1. The quantitative estimate of drug-likeness (QED) is 0.303. The van der Waals surface area contributed by atoms with Crippen LogP contribution >= 0.6 is 11.8 Å². The highest BCUT2D eigenvalue weighted by Crippen LogP contribution is 2.27. The van der Waals surface area contributed by atoms with Crippen molar-refractivity contribution in [2.75, 3.05) is 39.0 Å². The Morgan fingerprint density at radius 1 is 1.11 bits per heavy atom.